The topological polar surface area (TPSA) is 15.3 Å². The van der Waals surface area contributed by atoms with Gasteiger partial charge in [-0.1, -0.05) is 15.9 Å². The zero-order valence-corrected chi connectivity index (χ0v) is 12.4. The number of nitrogens with one attached hydrogen (secondary N) is 1. The second-order valence-corrected chi connectivity index (χ2v) is 5.63. The molecule has 2 unspecified atom stereocenters. The van der Waals surface area contributed by atoms with Crippen LogP contribution in [0.5, 0.6) is 0 Å². The SMILES string of the molecule is CC(CN(C)C)NC(C)c1cc(Br)ccc1F. The van der Waals surface area contributed by atoms with Crippen LogP contribution in [-0.4, -0.2) is 31.6 Å². The molecule has 0 saturated carbocycles. The minimum atomic E-state index is -0.162. The van der Waals surface area contributed by atoms with Gasteiger partial charge >= 0.3 is 0 Å². The minimum Gasteiger partial charge on any atom is -0.308 e. The molecule has 1 N–H and O–H groups in total. The molecule has 0 saturated heterocycles. The molecule has 0 spiro atoms. The summed E-state index contributed by atoms with van der Waals surface area (Å²) in [6, 6.07) is 5.36. The van der Waals surface area contributed by atoms with Crippen LogP contribution in [0, 0.1) is 5.82 Å². The van der Waals surface area contributed by atoms with E-state index in [0.717, 1.165) is 11.0 Å². The number of rotatable bonds is 5. The van der Waals surface area contributed by atoms with E-state index in [-0.39, 0.29) is 11.9 Å². The molecular weight excluding hydrogens is 283 g/mol. The van der Waals surface area contributed by atoms with Crippen LogP contribution in [-0.2, 0) is 0 Å². The standard InChI is InChI=1S/C13H20BrFN2/c1-9(8-17(3)4)16-10(2)12-7-11(14)5-6-13(12)15/h5-7,9-10,16H,8H2,1-4H3. The zero-order chi connectivity index (χ0) is 13.0. The van der Waals surface area contributed by atoms with Gasteiger partial charge in [0.15, 0.2) is 0 Å². The summed E-state index contributed by atoms with van der Waals surface area (Å²) < 4.78 is 14.6. The van der Waals surface area contributed by atoms with E-state index in [1.165, 1.54) is 6.07 Å². The van der Waals surface area contributed by atoms with Gasteiger partial charge in [0.1, 0.15) is 5.82 Å². The Morgan fingerprint density at radius 1 is 1.35 bits per heavy atom. The van der Waals surface area contributed by atoms with Crippen molar-refractivity contribution in [3.63, 3.8) is 0 Å². The van der Waals surface area contributed by atoms with E-state index in [4.69, 9.17) is 0 Å². The van der Waals surface area contributed by atoms with Crippen LogP contribution in [0.3, 0.4) is 0 Å². The predicted octanol–water partition coefficient (Wildman–Crippen LogP) is 3.19. The van der Waals surface area contributed by atoms with E-state index < -0.39 is 0 Å². The summed E-state index contributed by atoms with van der Waals surface area (Å²) in [6.07, 6.45) is 0. The minimum absolute atomic E-state index is 0.00227. The van der Waals surface area contributed by atoms with Crippen molar-refractivity contribution < 1.29 is 4.39 Å². The Kier molecular flexibility index (Phi) is 5.56. The third kappa shape index (κ3) is 4.74. The van der Waals surface area contributed by atoms with Crippen LogP contribution in [0.1, 0.15) is 25.5 Å². The molecule has 0 aliphatic heterocycles. The molecule has 1 aromatic carbocycles. The lowest BCUT2D eigenvalue weighted by molar-refractivity contribution is 0.332. The van der Waals surface area contributed by atoms with Gasteiger partial charge in [-0.15, -0.1) is 0 Å². The van der Waals surface area contributed by atoms with Crippen molar-refractivity contribution >= 4 is 15.9 Å². The fourth-order valence-electron chi connectivity index (χ4n) is 1.96. The van der Waals surface area contributed by atoms with E-state index in [1.807, 2.05) is 27.1 Å². The zero-order valence-electron chi connectivity index (χ0n) is 10.8. The lowest BCUT2D eigenvalue weighted by atomic mass is 10.1. The summed E-state index contributed by atoms with van der Waals surface area (Å²) in [5.41, 5.74) is 0.699. The van der Waals surface area contributed by atoms with Gasteiger partial charge in [-0.05, 0) is 46.1 Å². The third-order valence-corrected chi connectivity index (χ3v) is 3.09. The number of nitrogens with zero attached hydrogens (tertiary/aromatic N) is 1. The van der Waals surface area contributed by atoms with Crippen LogP contribution in [0.2, 0.25) is 0 Å². The van der Waals surface area contributed by atoms with E-state index in [9.17, 15) is 4.39 Å². The third-order valence-electron chi connectivity index (χ3n) is 2.60. The Morgan fingerprint density at radius 3 is 2.59 bits per heavy atom. The van der Waals surface area contributed by atoms with Gasteiger partial charge in [0.25, 0.3) is 0 Å². The van der Waals surface area contributed by atoms with Crippen LogP contribution in [0.4, 0.5) is 4.39 Å². The number of benzene rings is 1. The average molecular weight is 303 g/mol. The van der Waals surface area contributed by atoms with Crippen molar-refractivity contribution in [3.05, 3.63) is 34.1 Å². The van der Waals surface area contributed by atoms with Gasteiger partial charge in [-0.2, -0.15) is 0 Å². The molecule has 96 valence electrons. The molecule has 0 radical (unpaired) electrons. The summed E-state index contributed by atoms with van der Waals surface area (Å²) in [7, 11) is 4.06. The van der Waals surface area contributed by atoms with E-state index in [0.29, 0.717) is 11.6 Å². The average Bonchev–Trinajstić information content (AvgIpc) is 2.20. The summed E-state index contributed by atoms with van der Waals surface area (Å²) in [6.45, 7) is 5.02. The summed E-state index contributed by atoms with van der Waals surface area (Å²) in [5.74, 6) is -0.162. The molecule has 4 heteroatoms. The molecule has 1 aromatic rings. The van der Waals surface area contributed by atoms with Crippen LogP contribution in [0.15, 0.2) is 22.7 Å². The lowest BCUT2D eigenvalue weighted by Crippen LogP contribution is -2.37. The second-order valence-electron chi connectivity index (χ2n) is 4.72. The van der Waals surface area contributed by atoms with Crippen LogP contribution >= 0.6 is 15.9 Å². The molecule has 2 nitrogen and oxygen atoms in total. The highest BCUT2D eigenvalue weighted by molar-refractivity contribution is 9.10. The van der Waals surface area contributed by atoms with Crippen LogP contribution in [0.25, 0.3) is 0 Å². The fourth-order valence-corrected chi connectivity index (χ4v) is 2.34. The molecule has 0 fully saturated rings. The van der Waals surface area contributed by atoms with Gasteiger partial charge in [0, 0.05) is 28.7 Å². The van der Waals surface area contributed by atoms with E-state index in [2.05, 4.69) is 33.1 Å². The van der Waals surface area contributed by atoms with Crippen molar-refractivity contribution in [2.45, 2.75) is 25.9 Å². The molecule has 0 amide bonds. The maximum Gasteiger partial charge on any atom is 0.128 e. The number of hydrogen-bond acceptors (Lipinski definition) is 2. The summed E-state index contributed by atoms with van der Waals surface area (Å²) in [4.78, 5) is 2.11. The van der Waals surface area contributed by atoms with Gasteiger partial charge in [0.2, 0.25) is 0 Å². The second kappa shape index (κ2) is 6.47. The number of likely N-dealkylation sites (N-methyl/N-ethyl adjacent to an activating group) is 1. The fraction of sp³-hybridized carbons (Fsp3) is 0.538. The van der Waals surface area contributed by atoms with Crippen molar-refractivity contribution in [1.29, 1.82) is 0 Å². The monoisotopic (exact) mass is 302 g/mol. The molecular formula is C13H20BrFN2. The first kappa shape index (κ1) is 14.6. The molecule has 2 atom stereocenters. The highest BCUT2D eigenvalue weighted by Crippen LogP contribution is 2.21. The van der Waals surface area contributed by atoms with Crippen molar-refractivity contribution in [3.8, 4) is 0 Å². The first-order chi connectivity index (χ1) is 7.90. The van der Waals surface area contributed by atoms with Gasteiger partial charge in [-0.3, -0.25) is 0 Å². The molecule has 1 rings (SSSR count). The van der Waals surface area contributed by atoms with Crippen molar-refractivity contribution in [2.75, 3.05) is 20.6 Å². The molecule has 0 aromatic heterocycles. The Labute approximate surface area is 111 Å². The Bertz CT molecular complexity index is 368. The van der Waals surface area contributed by atoms with Gasteiger partial charge in [-0.25, -0.2) is 4.39 Å². The Balaban J connectivity index is 2.69. The van der Waals surface area contributed by atoms with E-state index in [1.54, 1.807) is 6.07 Å². The first-order valence-corrected chi connectivity index (χ1v) is 6.55. The molecule has 0 heterocycles. The first-order valence-electron chi connectivity index (χ1n) is 5.76. The maximum absolute atomic E-state index is 13.7. The number of halogens is 2. The van der Waals surface area contributed by atoms with Gasteiger partial charge in [0.05, 0.1) is 0 Å². The molecule has 0 bridgehead atoms. The van der Waals surface area contributed by atoms with E-state index >= 15 is 0 Å². The van der Waals surface area contributed by atoms with Crippen molar-refractivity contribution in [1.82, 2.24) is 10.2 Å². The summed E-state index contributed by atoms with van der Waals surface area (Å²) in [5, 5.41) is 3.39. The quantitative estimate of drug-likeness (QED) is 0.898. The lowest BCUT2D eigenvalue weighted by Gasteiger charge is -2.23. The largest absolute Gasteiger partial charge is 0.308 e. The van der Waals surface area contributed by atoms with Gasteiger partial charge < -0.3 is 10.2 Å². The van der Waals surface area contributed by atoms with Crippen LogP contribution < -0.4 is 5.32 Å². The Hall–Kier alpha value is -0.450. The highest BCUT2D eigenvalue weighted by Gasteiger charge is 2.14. The summed E-state index contributed by atoms with van der Waals surface area (Å²) >= 11 is 3.37. The molecule has 17 heavy (non-hydrogen) atoms. The maximum atomic E-state index is 13.7. The normalized spacial score (nSPS) is 15.0. The smallest absolute Gasteiger partial charge is 0.128 e. The van der Waals surface area contributed by atoms with Crippen molar-refractivity contribution in [2.24, 2.45) is 0 Å². The predicted molar refractivity (Wildman–Crippen MR) is 73.7 cm³/mol. The Morgan fingerprint density at radius 2 is 2.00 bits per heavy atom. The highest BCUT2D eigenvalue weighted by atomic mass is 79.9. The number of hydrogen-bond donors (Lipinski definition) is 1. The molecule has 0 aliphatic carbocycles. The molecule has 0 aliphatic rings.